The molecule has 2 aromatic rings. The van der Waals surface area contributed by atoms with Crippen LogP contribution in [-0.2, 0) is 17.5 Å². The number of nitrogens with zero attached hydrogens (tertiary/aromatic N) is 3. The largest absolute Gasteiger partial charge is 0.416 e. The number of benzene rings is 1. The zero-order valence-electron chi connectivity index (χ0n) is 16.3. The molecule has 1 N–H and O–H groups in total. The lowest BCUT2D eigenvalue weighted by atomic mass is 10.1. The number of aromatic nitrogens is 1. The van der Waals surface area contributed by atoms with Crippen molar-refractivity contribution in [2.75, 3.05) is 39.3 Å². The third kappa shape index (κ3) is 6.25. The van der Waals surface area contributed by atoms with Gasteiger partial charge in [0.25, 0.3) is 0 Å². The SMILES string of the molecule is CCCNC(=O)CN1CCN(Cc2csc(-c3ccc(C(F)(F)F)cc3)n2)CC1. The van der Waals surface area contributed by atoms with Crippen LogP contribution in [0.25, 0.3) is 10.6 Å². The lowest BCUT2D eigenvalue weighted by molar-refractivity contribution is -0.137. The van der Waals surface area contributed by atoms with Crippen LogP contribution in [0.1, 0.15) is 24.6 Å². The maximum absolute atomic E-state index is 12.7. The molecule has 9 heteroatoms. The van der Waals surface area contributed by atoms with Crippen molar-refractivity contribution in [3.8, 4) is 10.6 Å². The molecule has 0 aliphatic carbocycles. The highest BCUT2D eigenvalue weighted by Crippen LogP contribution is 2.31. The van der Waals surface area contributed by atoms with Crippen LogP contribution in [-0.4, -0.2) is 60.0 Å². The van der Waals surface area contributed by atoms with Gasteiger partial charge in [0.15, 0.2) is 0 Å². The van der Waals surface area contributed by atoms with Crippen LogP contribution in [0, 0.1) is 0 Å². The number of halogens is 3. The molecule has 158 valence electrons. The lowest BCUT2D eigenvalue weighted by Crippen LogP contribution is -2.49. The summed E-state index contributed by atoms with van der Waals surface area (Å²) in [5.41, 5.74) is 0.954. The fourth-order valence-electron chi connectivity index (χ4n) is 3.17. The number of thiazole rings is 1. The molecule has 0 unspecified atom stereocenters. The Labute approximate surface area is 172 Å². The molecular weight excluding hydrogens is 401 g/mol. The minimum atomic E-state index is -4.33. The van der Waals surface area contributed by atoms with E-state index in [9.17, 15) is 18.0 Å². The van der Waals surface area contributed by atoms with Gasteiger partial charge in [-0.05, 0) is 18.6 Å². The van der Waals surface area contributed by atoms with Crippen LogP contribution in [0.3, 0.4) is 0 Å². The van der Waals surface area contributed by atoms with E-state index in [1.165, 1.54) is 23.5 Å². The Bertz CT molecular complexity index is 799. The number of nitrogens with one attached hydrogen (secondary N) is 1. The molecule has 0 atom stereocenters. The number of carbonyl (C=O) groups excluding carboxylic acids is 1. The first-order valence-electron chi connectivity index (χ1n) is 9.68. The second kappa shape index (κ2) is 9.69. The molecule has 29 heavy (non-hydrogen) atoms. The molecule has 1 fully saturated rings. The number of piperazine rings is 1. The predicted molar refractivity (Wildman–Crippen MR) is 108 cm³/mol. The van der Waals surface area contributed by atoms with Gasteiger partial charge in [0.1, 0.15) is 5.01 Å². The summed E-state index contributed by atoms with van der Waals surface area (Å²) in [4.78, 5) is 20.8. The maximum Gasteiger partial charge on any atom is 0.416 e. The molecule has 1 aliphatic heterocycles. The molecule has 2 heterocycles. The molecule has 1 aromatic heterocycles. The van der Waals surface area contributed by atoms with Crippen LogP contribution < -0.4 is 5.32 Å². The average molecular weight is 427 g/mol. The standard InChI is InChI=1S/C20H25F3N4OS/c1-2-7-24-18(28)13-27-10-8-26(9-11-27)12-17-14-29-19(25-17)15-3-5-16(6-4-15)20(21,22)23/h3-6,14H,2,7-13H2,1H3,(H,24,28). The van der Waals surface area contributed by atoms with Crippen molar-refractivity contribution < 1.29 is 18.0 Å². The smallest absolute Gasteiger partial charge is 0.355 e. The molecular formula is C20H25F3N4OS. The average Bonchev–Trinajstić information content (AvgIpc) is 3.16. The van der Waals surface area contributed by atoms with Crippen molar-refractivity contribution in [3.05, 3.63) is 40.9 Å². The predicted octanol–water partition coefficient (Wildman–Crippen LogP) is 3.47. The fraction of sp³-hybridized carbons (Fsp3) is 0.500. The first kappa shape index (κ1) is 21.7. The highest BCUT2D eigenvalue weighted by Gasteiger charge is 2.30. The molecule has 1 aliphatic rings. The van der Waals surface area contributed by atoms with E-state index >= 15 is 0 Å². The van der Waals surface area contributed by atoms with Gasteiger partial charge < -0.3 is 5.32 Å². The van der Waals surface area contributed by atoms with Crippen LogP contribution in [0.4, 0.5) is 13.2 Å². The highest BCUT2D eigenvalue weighted by molar-refractivity contribution is 7.13. The molecule has 0 saturated carbocycles. The van der Waals surface area contributed by atoms with Crippen LogP contribution in [0.15, 0.2) is 29.6 Å². The Morgan fingerprint density at radius 1 is 1.14 bits per heavy atom. The number of alkyl halides is 3. The third-order valence-corrected chi connectivity index (χ3v) is 5.74. The van der Waals surface area contributed by atoms with E-state index < -0.39 is 11.7 Å². The van der Waals surface area contributed by atoms with Crippen LogP contribution in [0.5, 0.6) is 0 Å². The molecule has 1 amide bonds. The number of hydrogen-bond acceptors (Lipinski definition) is 5. The Hall–Kier alpha value is -1.97. The minimum Gasteiger partial charge on any atom is -0.355 e. The molecule has 1 saturated heterocycles. The second-order valence-electron chi connectivity index (χ2n) is 7.12. The summed E-state index contributed by atoms with van der Waals surface area (Å²) in [5.74, 6) is 0.0704. The van der Waals surface area contributed by atoms with Gasteiger partial charge in [0.2, 0.25) is 5.91 Å². The van der Waals surface area contributed by atoms with Gasteiger partial charge in [-0.15, -0.1) is 11.3 Å². The topological polar surface area (TPSA) is 48.5 Å². The highest BCUT2D eigenvalue weighted by atomic mass is 32.1. The zero-order chi connectivity index (χ0) is 20.9. The summed E-state index contributed by atoms with van der Waals surface area (Å²) in [6, 6.07) is 5.11. The van der Waals surface area contributed by atoms with Crippen molar-refractivity contribution in [1.82, 2.24) is 20.1 Å². The summed E-state index contributed by atoms with van der Waals surface area (Å²) < 4.78 is 38.1. The van der Waals surface area contributed by atoms with Gasteiger partial charge in [0, 0.05) is 50.2 Å². The van der Waals surface area contributed by atoms with E-state index in [0.717, 1.165) is 55.4 Å². The van der Waals surface area contributed by atoms with Crippen molar-refractivity contribution in [1.29, 1.82) is 0 Å². The number of hydrogen-bond donors (Lipinski definition) is 1. The van der Waals surface area contributed by atoms with E-state index in [1.54, 1.807) is 0 Å². The van der Waals surface area contributed by atoms with E-state index in [1.807, 2.05) is 12.3 Å². The quantitative estimate of drug-likeness (QED) is 0.737. The van der Waals surface area contributed by atoms with Crippen LogP contribution in [0.2, 0.25) is 0 Å². The van der Waals surface area contributed by atoms with Gasteiger partial charge in [-0.3, -0.25) is 14.6 Å². The van der Waals surface area contributed by atoms with Gasteiger partial charge in [-0.2, -0.15) is 13.2 Å². The number of rotatable bonds is 7. The van der Waals surface area contributed by atoms with Crippen molar-refractivity contribution in [2.45, 2.75) is 26.1 Å². The van der Waals surface area contributed by atoms with Gasteiger partial charge in [-0.1, -0.05) is 19.1 Å². The molecule has 0 radical (unpaired) electrons. The van der Waals surface area contributed by atoms with E-state index in [2.05, 4.69) is 20.1 Å². The van der Waals surface area contributed by atoms with Crippen molar-refractivity contribution >= 4 is 17.2 Å². The summed E-state index contributed by atoms with van der Waals surface area (Å²) in [5, 5.41) is 5.57. The van der Waals surface area contributed by atoms with E-state index in [4.69, 9.17) is 0 Å². The Morgan fingerprint density at radius 2 is 1.79 bits per heavy atom. The van der Waals surface area contributed by atoms with Gasteiger partial charge in [-0.25, -0.2) is 4.98 Å². The number of amides is 1. The Kier molecular flexibility index (Phi) is 7.26. The Morgan fingerprint density at radius 3 is 2.41 bits per heavy atom. The van der Waals surface area contributed by atoms with Crippen molar-refractivity contribution in [2.24, 2.45) is 0 Å². The first-order chi connectivity index (χ1) is 13.8. The molecule has 0 spiro atoms. The summed E-state index contributed by atoms with van der Waals surface area (Å²) in [6.45, 7) is 7.24. The normalized spacial score (nSPS) is 16.1. The zero-order valence-corrected chi connectivity index (χ0v) is 17.2. The molecule has 3 rings (SSSR count). The van der Waals surface area contributed by atoms with Crippen LogP contribution >= 0.6 is 11.3 Å². The third-order valence-electron chi connectivity index (χ3n) is 4.80. The first-order valence-corrected chi connectivity index (χ1v) is 10.6. The Balaban J connectivity index is 1.49. The molecule has 0 bridgehead atoms. The van der Waals surface area contributed by atoms with Gasteiger partial charge in [0.05, 0.1) is 17.8 Å². The van der Waals surface area contributed by atoms with Gasteiger partial charge >= 0.3 is 6.18 Å². The summed E-state index contributed by atoms with van der Waals surface area (Å²) in [7, 11) is 0. The lowest BCUT2D eigenvalue weighted by Gasteiger charge is -2.33. The minimum absolute atomic E-state index is 0.0704. The van der Waals surface area contributed by atoms with E-state index in [-0.39, 0.29) is 5.91 Å². The second-order valence-corrected chi connectivity index (χ2v) is 7.98. The fourth-order valence-corrected chi connectivity index (χ4v) is 3.99. The monoisotopic (exact) mass is 426 g/mol. The summed E-state index contributed by atoms with van der Waals surface area (Å²) >= 11 is 1.44. The summed E-state index contributed by atoms with van der Waals surface area (Å²) in [6.07, 6.45) is -3.40. The van der Waals surface area contributed by atoms with E-state index in [0.29, 0.717) is 25.2 Å². The molecule has 5 nitrogen and oxygen atoms in total. The molecule has 1 aromatic carbocycles. The number of carbonyl (C=O) groups is 1. The maximum atomic E-state index is 12.7. The van der Waals surface area contributed by atoms with Crippen molar-refractivity contribution in [3.63, 3.8) is 0 Å².